The van der Waals surface area contributed by atoms with Crippen molar-refractivity contribution in [3.63, 3.8) is 0 Å². The predicted molar refractivity (Wildman–Crippen MR) is 88.7 cm³/mol. The molecule has 2 aromatic carbocycles. The van der Waals surface area contributed by atoms with Crippen LogP contribution >= 0.6 is 0 Å². The number of non-ortho nitro benzene ring substituents is 1. The van der Waals surface area contributed by atoms with Gasteiger partial charge in [0.05, 0.1) is 19.1 Å². The molecule has 0 unspecified atom stereocenters. The van der Waals surface area contributed by atoms with E-state index >= 15 is 0 Å². The average Bonchev–Trinajstić information content (AvgIpc) is 3.10. The van der Waals surface area contributed by atoms with Gasteiger partial charge in [-0.1, -0.05) is 17.3 Å². The van der Waals surface area contributed by atoms with Crippen LogP contribution in [0.3, 0.4) is 0 Å². The smallest absolute Gasteiger partial charge is 0.270 e. The van der Waals surface area contributed by atoms with E-state index in [-0.39, 0.29) is 11.6 Å². The molecule has 1 heterocycles. The molecule has 0 radical (unpaired) electrons. The lowest BCUT2D eigenvalue weighted by Crippen LogP contribution is -1.95. The van der Waals surface area contributed by atoms with Crippen LogP contribution in [0.1, 0.15) is 11.4 Å². The summed E-state index contributed by atoms with van der Waals surface area (Å²) in [4.78, 5) is 14.7. The number of aromatic nitrogens is 2. The Hall–Kier alpha value is -3.42. The molecule has 0 aliphatic heterocycles. The monoisotopic (exact) mass is 341 g/mol. The first kappa shape index (κ1) is 16.4. The van der Waals surface area contributed by atoms with Gasteiger partial charge in [0, 0.05) is 24.1 Å². The molecular formula is C17H15N3O5. The Morgan fingerprint density at radius 1 is 1.12 bits per heavy atom. The van der Waals surface area contributed by atoms with E-state index in [1.54, 1.807) is 32.4 Å². The molecule has 1 aromatic heterocycles. The van der Waals surface area contributed by atoms with Gasteiger partial charge in [0.25, 0.3) is 11.6 Å². The lowest BCUT2D eigenvalue weighted by molar-refractivity contribution is -0.384. The Balaban J connectivity index is 1.82. The van der Waals surface area contributed by atoms with Crippen LogP contribution < -0.4 is 9.47 Å². The molecule has 3 rings (SSSR count). The normalized spacial score (nSPS) is 10.5. The van der Waals surface area contributed by atoms with Gasteiger partial charge in [0.1, 0.15) is 0 Å². The first-order valence-corrected chi connectivity index (χ1v) is 7.39. The Morgan fingerprint density at radius 3 is 2.64 bits per heavy atom. The molecule has 0 fully saturated rings. The van der Waals surface area contributed by atoms with Crippen LogP contribution in [-0.4, -0.2) is 29.3 Å². The lowest BCUT2D eigenvalue weighted by Gasteiger charge is -2.08. The van der Waals surface area contributed by atoms with Crippen LogP contribution in [0.15, 0.2) is 47.0 Å². The zero-order chi connectivity index (χ0) is 17.8. The molecule has 25 heavy (non-hydrogen) atoms. The third-order valence-electron chi connectivity index (χ3n) is 3.58. The first-order chi connectivity index (χ1) is 12.1. The summed E-state index contributed by atoms with van der Waals surface area (Å²) in [5.74, 6) is 1.95. The summed E-state index contributed by atoms with van der Waals surface area (Å²) in [7, 11) is 3.14. The largest absolute Gasteiger partial charge is 0.493 e. The topological polar surface area (TPSA) is 101 Å². The van der Waals surface area contributed by atoms with E-state index in [2.05, 4.69) is 10.1 Å². The van der Waals surface area contributed by atoms with Gasteiger partial charge in [-0.2, -0.15) is 4.98 Å². The van der Waals surface area contributed by atoms with Crippen LogP contribution in [0.5, 0.6) is 11.5 Å². The summed E-state index contributed by atoms with van der Waals surface area (Å²) in [6, 6.07) is 11.6. The quantitative estimate of drug-likeness (QED) is 0.501. The summed E-state index contributed by atoms with van der Waals surface area (Å²) in [5, 5.41) is 14.8. The molecule has 0 bridgehead atoms. The van der Waals surface area contributed by atoms with Crippen LogP contribution in [0.4, 0.5) is 5.69 Å². The number of ether oxygens (including phenoxy) is 2. The van der Waals surface area contributed by atoms with E-state index in [1.807, 2.05) is 12.1 Å². The van der Waals surface area contributed by atoms with E-state index in [1.165, 1.54) is 12.1 Å². The minimum Gasteiger partial charge on any atom is -0.493 e. The predicted octanol–water partition coefficient (Wildman–Crippen LogP) is 3.25. The van der Waals surface area contributed by atoms with E-state index in [4.69, 9.17) is 14.0 Å². The number of rotatable bonds is 6. The Labute approximate surface area is 143 Å². The number of hydrogen-bond acceptors (Lipinski definition) is 7. The minimum absolute atomic E-state index is 0.0304. The maximum Gasteiger partial charge on any atom is 0.270 e. The second kappa shape index (κ2) is 7.00. The standard InChI is InChI=1S/C17H15N3O5/c1-23-14-7-6-11(8-15(14)24-2)9-16-18-17(25-19-16)12-4-3-5-13(10-12)20(21)22/h3-8,10H,9H2,1-2H3. The van der Waals surface area contributed by atoms with Crippen molar-refractivity contribution in [1.29, 1.82) is 0 Å². The number of nitro groups is 1. The van der Waals surface area contributed by atoms with E-state index in [9.17, 15) is 10.1 Å². The Bertz CT molecular complexity index is 907. The fourth-order valence-corrected chi connectivity index (χ4v) is 2.37. The molecule has 0 atom stereocenters. The minimum atomic E-state index is -0.468. The van der Waals surface area contributed by atoms with E-state index in [0.29, 0.717) is 29.3 Å². The van der Waals surface area contributed by atoms with Crippen LogP contribution in [0.2, 0.25) is 0 Å². The van der Waals surface area contributed by atoms with Gasteiger partial charge < -0.3 is 14.0 Å². The maximum absolute atomic E-state index is 10.9. The fourth-order valence-electron chi connectivity index (χ4n) is 2.37. The number of methoxy groups -OCH3 is 2. The van der Waals surface area contributed by atoms with Crippen molar-refractivity contribution in [1.82, 2.24) is 10.1 Å². The van der Waals surface area contributed by atoms with Crippen LogP contribution in [-0.2, 0) is 6.42 Å². The van der Waals surface area contributed by atoms with Crippen molar-refractivity contribution >= 4 is 5.69 Å². The van der Waals surface area contributed by atoms with Gasteiger partial charge in [-0.25, -0.2) is 0 Å². The molecule has 128 valence electrons. The van der Waals surface area contributed by atoms with Crippen molar-refractivity contribution in [2.45, 2.75) is 6.42 Å². The summed E-state index contributed by atoms with van der Waals surface area (Å²) in [6.07, 6.45) is 0.429. The second-order valence-electron chi connectivity index (χ2n) is 5.19. The number of nitrogens with zero attached hydrogens (tertiary/aromatic N) is 3. The number of hydrogen-bond donors (Lipinski definition) is 0. The molecule has 0 saturated carbocycles. The zero-order valence-electron chi connectivity index (χ0n) is 13.6. The molecule has 0 spiro atoms. The highest BCUT2D eigenvalue weighted by molar-refractivity contribution is 5.57. The molecule has 0 aliphatic rings. The highest BCUT2D eigenvalue weighted by Gasteiger charge is 2.14. The van der Waals surface area contributed by atoms with Gasteiger partial charge in [-0.3, -0.25) is 10.1 Å². The molecule has 0 aliphatic carbocycles. The highest BCUT2D eigenvalue weighted by atomic mass is 16.6. The molecule has 8 nitrogen and oxygen atoms in total. The highest BCUT2D eigenvalue weighted by Crippen LogP contribution is 2.28. The first-order valence-electron chi connectivity index (χ1n) is 7.39. The van der Waals surface area contributed by atoms with Crippen LogP contribution in [0, 0.1) is 10.1 Å². The van der Waals surface area contributed by atoms with Gasteiger partial charge in [0.15, 0.2) is 17.3 Å². The fraction of sp³-hybridized carbons (Fsp3) is 0.176. The van der Waals surface area contributed by atoms with Gasteiger partial charge in [-0.15, -0.1) is 0 Å². The summed E-state index contributed by atoms with van der Waals surface area (Å²) < 4.78 is 15.7. The molecule has 0 saturated heterocycles. The third-order valence-corrected chi connectivity index (χ3v) is 3.58. The van der Waals surface area contributed by atoms with Crippen molar-refractivity contribution < 1.29 is 18.9 Å². The molecule has 8 heteroatoms. The van der Waals surface area contributed by atoms with Crippen molar-refractivity contribution in [3.8, 4) is 23.0 Å². The maximum atomic E-state index is 10.9. The Morgan fingerprint density at radius 2 is 1.92 bits per heavy atom. The van der Waals surface area contributed by atoms with Crippen LogP contribution in [0.25, 0.3) is 11.5 Å². The van der Waals surface area contributed by atoms with E-state index in [0.717, 1.165) is 5.56 Å². The SMILES string of the molecule is COc1ccc(Cc2noc(-c3cccc([N+](=O)[O-])c3)n2)cc1OC. The second-order valence-corrected chi connectivity index (χ2v) is 5.19. The number of nitro benzene ring substituents is 1. The number of benzene rings is 2. The van der Waals surface area contributed by atoms with Crippen molar-refractivity contribution in [2.75, 3.05) is 14.2 Å². The average molecular weight is 341 g/mol. The summed E-state index contributed by atoms with van der Waals surface area (Å²) in [6.45, 7) is 0. The zero-order valence-corrected chi connectivity index (χ0v) is 13.6. The summed E-state index contributed by atoms with van der Waals surface area (Å²) >= 11 is 0. The molecule has 0 N–H and O–H groups in total. The Kier molecular flexibility index (Phi) is 4.60. The van der Waals surface area contributed by atoms with Crippen molar-refractivity contribution in [2.24, 2.45) is 0 Å². The molecule has 0 amide bonds. The molecule has 3 aromatic rings. The van der Waals surface area contributed by atoms with Gasteiger partial charge >= 0.3 is 0 Å². The van der Waals surface area contributed by atoms with Crippen molar-refractivity contribution in [3.05, 3.63) is 64.0 Å². The third kappa shape index (κ3) is 3.57. The summed E-state index contributed by atoms with van der Waals surface area (Å²) in [5.41, 5.74) is 1.39. The molecular weight excluding hydrogens is 326 g/mol. The van der Waals surface area contributed by atoms with Gasteiger partial charge in [-0.05, 0) is 23.8 Å². The van der Waals surface area contributed by atoms with Gasteiger partial charge in [0.2, 0.25) is 0 Å². The van der Waals surface area contributed by atoms with E-state index < -0.39 is 4.92 Å². The lowest BCUT2D eigenvalue weighted by atomic mass is 10.1.